The van der Waals surface area contributed by atoms with Crippen molar-refractivity contribution in [3.63, 3.8) is 0 Å². The fourth-order valence-electron chi connectivity index (χ4n) is 2.12. The highest BCUT2D eigenvalue weighted by Gasteiger charge is 2.34. The summed E-state index contributed by atoms with van der Waals surface area (Å²) in [7, 11) is 0. The average molecular weight is 299 g/mol. The quantitative estimate of drug-likeness (QED) is 0.896. The van der Waals surface area contributed by atoms with Gasteiger partial charge in [-0.2, -0.15) is 4.39 Å². The summed E-state index contributed by atoms with van der Waals surface area (Å²) in [6.07, 6.45) is 2.64. The second-order valence-electron chi connectivity index (χ2n) is 4.77. The summed E-state index contributed by atoms with van der Waals surface area (Å²) in [4.78, 5) is 4.20. The highest BCUT2D eigenvalue weighted by atomic mass is 35.5. The summed E-state index contributed by atoms with van der Waals surface area (Å²) < 4.78 is 26.2. The van der Waals surface area contributed by atoms with E-state index in [1.807, 2.05) is 6.07 Å². The molecule has 1 heterocycles. The Labute approximate surface area is 120 Å². The largest absolute Gasteiger partial charge is 0.505 e. The molecule has 3 nitrogen and oxygen atoms in total. The average Bonchev–Trinajstić information content (AvgIpc) is 3.13. The van der Waals surface area contributed by atoms with Gasteiger partial charge >= 0.3 is 0 Å². The number of hydrogen-bond acceptors (Lipinski definition) is 3. The fraction of sp³-hybridized carbons (Fsp3) is 0.214. The van der Waals surface area contributed by atoms with Crippen LogP contribution in [0.15, 0.2) is 30.5 Å². The van der Waals surface area contributed by atoms with E-state index in [4.69, 9.17) is 5.73 Å². The molecule has 106 valence electrons. The first-order valence-corrected chi connectivity index (χ1v) is 5.96. The summed E-state index contributed by atoms with van der Waals surface area (Å²) in [5.74, 6) is -2.71. The minimum absolute atomic E-state index is 0. The number of phenolic OH excluding ortho intramolecular Hbond substituents is 1. The van der Waals surface area contributed by atoms with E-state index in [2.05, 4.69) is 4.98 Å². The molecule has 1 aromatic heterocycles. The van der Waals surface area contributed by atoms with Crippen LogP contribution in [0.1, 0.15) is 17.9 Å². The molecule has 1 aromatic carbocycles. The third-order valence-corrected chi connectivity index (χ3v) is 3.36. The van der Waals surface area contributed by atoms with Crippen LogP contribution in [-0.2, 0) is 0 Å². The molecule has 0 radical (unpaired) electrons. The van der Waals surface area contributed by atoms with E-state index in [0.29, 0.717) is 17.2 Å². The second-order valence-corrected chi connectivity index (χ2v) is 4.77. The first-order valence-electron chi connectivity index (χ1n) is 5.96. The monoisotopic (exact) mass is 298 g/mol. The Balaban J connectivity index is 0.00000147. The van der Waals surface area contributed by atoms with Crippen molar-refractivity contribution in [3.05, 3.63) is 47.7 Å². The number of nitrogens with zero attached hydrogens (tertiary/aromatic N) is 1. The lowest BCUT2D eigenvalue weighted by atomic mass is 10.1. The van der Waals surface area contributed by atoms with Crippen molar-refractivity contribution >= 4 is 12.4 Å². The lowest BCUT2D eigenvalue weighted by Crippen LogP contribution is -2.01. The normalized spacial score (nSPS) is 20.4. The van der Waals surface area contributed by atoms with Crippen molar-refractivity contribution < 1.29 is 13.9 Å². The smallest absolute Gasteiger partial charge is 0.200 e. The lowest BCUT2D eigenvalue weighted by Gasteiger charge is -2.05. The molecule has 1 aliphatic rings. The van der Waals surface area contributed by atoms with E-state index in [0.717, 1.165) is 24.1 Å². The zero-order valence-corrected chi connectivity index (χ0v) is 11.2. The summed E-state index contributed by atoms with van der Waals surface area (Å²) in [5, 5.41) is 9.27. The Morgan fingerprint density at radius 3 is 2.45 bits per heavy atom. The van der Waals surface area contributed by atoms with Gasteiger partial charge in [0.25, 0.3) is 0 Å². The van der Waals surface area contributed by atoms with Gasteiger partial charge in [-0.15, -0.1) is 12.4 Å². The molecule has 2 atom stereocenters. The van der Waals surface area contributed by atoms with Crippen LogP contribution in [0.2, 0.25) is 0 Å². The van der Waals surface area contributed by atoms with Gasteiger partial charge in [-0.1, -0.05) is 6.07 Å². The Morgan fingerprint density at radius 2 is 1.95 bits per heavy atom. The number of phenols is 1. The van der Waals surface area contributed by atoms with Crippen molar-refractivity contribution in [1.82, 2.24) is 4.98 Å². The van der Waals surface area contributed by atoms with Crippen molar-refractivity contribution in [3.8, 4) is 17.0 Å². The third-order valence-electron chi connectivity index (χ3n) is 3.36. The minimum atomic E-state index is -1.25. The Bertz CT molecular complexity index is 611. The van der Waals surface area contributed by atoms with Crippen molar-refractivity contribution in [1.29, 1.82) is 0 Å². The molecule has 0 spiro atoms. The molecule has 0 aliphatic heterocycles. The van der Waals surface area contributed by atoms with Crippen LogP contribution in [-0.4, -0.2) is 16.1 Å². The lowest BCUT2D eigenvalue weighted by molar-refractivity contribution is 0.407. The number of nitrogens with two attached hydrogens (primary N) is 1. The molecule has 0 unspecified atom stereocenters. The van der Waals surface area contributed by atoms with Gasteiger partial charge < -0.3 is 10.8 Å². The third kappa shape index (κ3) is 2.59. The molecular formula is C14H13ClF2N2O. The minimum Gasteiger partial charge on any atom is -0.505 e. The van der Waals surface area contributed by atoms with Gasteiger partial charge in [-0.3, -0.25) is 4.98 Å². The number of aromatic nitrogens is 1. The van der Waals surface area contributed by atoms with Gasteiger partial charge in [0, 0.05) is 23.7 Å². The predicted molar refractivity (Wildman–Crippen MR) is 73.8 cm³/mol. The summed E-state index contributed by atoms with van der Waals surface area (Å²) in [6.45, 7) is 0. The zero-order chi connectivity index (χ0) is 13.6. The van der Waals surface area contributed by atoms with Gasteiger partial charge in [0.1, 0.15) is 0 Å². The summed E-state index contributed by atoms with van der Waals surface area (Å²) in [6, 6.07) is 5.95. The molecule has 3 N–H and O–H groups in total. The van der Waals surface area contributed by atoms with Crippen LogP contribution >= 0.6 is 12.4 Å². The highest BCUT2D eigenvalue weighted by molar-refractivity contribution is 5.85. The van der Waals surface area contributed by atoms with Crippen LogP contribution in [0.5, 0.6) is 5.75 Å². The number of hydrogen-bond donors (Lipinski definition) is 2. The Morgan fingerprint density at radius 1 is 1.25 bits per heavy atom. The Kier molecular flexibility index (Phi) is 3.92. The van der Waals surface area contributed by atoms with Crippen LogP contribution < -0.4 is 5.73 Å². The van der Waals surface area contributed by atoms with E-state index in [1.54, 1.807) is 12.3 Å². The summed E-state index contributed by atoms with van der Waals surface area (Å²) in [5.41, 5.74) is 7.61. The van der Waals surface area contributed by atoms with Crippen LogP contribution in [0.3, 0.4) is 0 Å². The molecular weight excluding hydrogens is 286 g/mol. The maximum Gasteiger partial charge on any atom is 0.200 e. The van der Waals surface area contributed by atoms with Gasteiger partial charge in [-0.05, 0) is 30.2 Å². The Hall–Kier alpha value is -1.72. The van der Waals surface area contributed by atoms with Crippen molar-refractivity contribution in [2.24, 2.45) is 5.73 Å². The van der Waals surface area contributed by atoms with Gasteiger partial charge in [0.2, 0.25) is 0 Å². The van der Waals surface area contributed by atoms with Crippen molar-refractivity contribution in [2.75, 3.05) is 0 Å². The van der Waals surface area contributed by atoms with E-state index in [9.17, 15) is 13.9 Å². The molecule has 3 rings (SSSR count). The maximum absolute atomic E-state index is 13.2. The van der Waals surface area contributed by atoms with Gasteiger partial charge in [0.15, 0.2) is 17.4 Å². The molecule has 0 saturated heterocycles. The van der Waals surface area contributed by atoms with Gasteiger partial charge in [0.05, 0.1) is 5.69 Å². The molecule has 1 saturated carbocycles. The van der Waals surface area contributed by atoms with E-state index >= 15 is 0 Å². The van der Waals surface area contributed by atoms with E-state index < -0.39 is 17.4 Å². The molecule has 20 heavy (non-hydrogen) atoms. The van der Waals surface area contributed by atoms with Crippen LogP contribution in [0.4, 0.5) is 8.78 Å². The topological polar surface area (TPSA) is 59.1 Å². The number of aromatic hydroxyl groups is 1. The predicted octanol–water partition coefficient (Wildman–Crippen LogP) is 2.97. The molecule has 0 bridgehead atoms. The first-order chi connectivity index (χ1) is 9.06. The summed E-state index contributed by atoms with van der Waals surface area (Å²) >= 11 is 0. The maximum atomic E-state index is 13.2. The van der Waals surface area contributed by atoms with E-state index in [-0.39, 0.29) is 18.4 Å². The first kappa shape index (κ1) is 14.7. The fourth-order valence-corrected chi connectivity index (χ4v) is 2.12. The SMILES string of the molecule is Cl.N[C@@H]1C[C@H]1c1ccc(-c2cc(O)c(F)c(F)c2)nc1. The van der Waals surface area contributed by atoms with Crippen LogP contribution in [0.25, 0.3) is 11.3 Å². The molecule has 2 aromatic rings. The van der Waals surface area contributed by atoms with E-state index in [1.165, 1.54) is 0 Å². The number of halogens is 3. The zero-order valence-electron chi connectivity index (χ0n) is 10.4. The van der Waals surface area contributed by atoms with Crippen LogP contribution in [0, 0.1) is 11.6 Å². The number of benzene rings is 1. The van der Waals surface area contributed by atoms with Crippen molar-refractivity contribution in [2.45, 2.75) is 18.4 Å². The second kappa shape index (κ2) is 5.34. The molecule has 1 aliphatic carbocycles. The van der Waals surface area contributed by atoms with Gasteiger partial charge in [-0.25, -0.2) is 4.39 Å². The number of pyridine rings is 1. The standard InChI is InChI=1S/C14H12F2N2O.ClH/c15-10-3-8(4-13(19)14(10)16)12-2-1-7(6-18-12)9-5-11(9)17;/h1-4,6,9,11,19H,5,17H2;1H/t9-,11+;/m0./s1. The highest BCUT2D eigenvalue weighted by Crippen LogP contribution is 2.39. The molecule has 6 heteroatoms. The molecule has 0 amide bonds. The number of rotatable bonds is 2. The molecule has 1 fully saturated rings.